The molecule has 0 saturated heterocycles. The maximum atomic E-state index is 12.4. The van der Waals surface area contributed by atoms with Crippen molar-refractivity contribution in [2.45, 2.75) is 36.5 Å². The highest BCUT2D eigenvalue weighted by atomic mass is 32.2. The van der Waals surface area contributed by atoms with Crippen LogP contribution in [0.1, 0.15) is 18.1 Å². The summed E-state index contributed by atoms with van der Waals surface area (Å²) >= 11 is -0.165. The number of carbonyl (C=O) groups excluding carboxylic acids is 1. The molecular weight excluding hydrogens is 421 g/mol. The standard InChI is InChI=1S/C20H23F3N2O4S/c1-12(19(24)26)25-10-16-17(27-2)8-14(9-18(16)28-3)29-11-13-4-6-15(7-5-13)30-20(21,22)23/h4-9,12,25H,10-11H2,1-3H3,(H2,24,26)/t12-/m0/s1. The molecule has 0 fully saturated rings. The van der Waals surface area contributed by atoms with Crippen molar-refractivity contribution >= 4 is 17.7 Å². The lowest BCUT2D eigenvalue weighted by Gasteiger charge is -2.18. The van der Waals surface area contributed by atoms with Gasteiger partial charge in [-0.25, -0.2) is 0 Å². The summed E-state index contributed by atoms with van der Waals surface area (Å²) in [6.45, 7) is 2.09. The topological polar surface area (TPSA) is 82.8 Å². The van der Waals surface area contributed by atoms with E-state index in [0.29, 0.717) is 28.4 Å². The molecule has 0 aliphatic carbocycles. The minimum atomic E-state index is -4.32. The molecule has 0 aliphatic rings. The molecule has 0 saturated carbocycles. The Morgan fingerprint density at radius 3 is 2.17 bits per heavy atom. The van der Waals surface area contributed by atoms with Gasteiger partial charge >= 0.3 is 5.51 Å². The molecule has 2 aromatic rings. The van der Waals surface area contributed by atoms with Crippen molar-refractivity contribution in [3.63, 3.8) is 0 Å². The molecule has 10 heteroatoms. The Bertz CT molecular complexity index is 835. The molecule has 0 bridgehead atoms. The van der Waals surface area contributed by atoms with Crippen LogP contribution < -0.4 is 25.3 Å². The summed E-state index contributed by atoms with van der Waals surface area (Å²) in [7, 11) is 2.99. The van der Waals surface area contributed by atoms with Gasteiger partial charge in [0.25, 0.3) is 0 Å². The van der Waals surface area contributed by atoms with Crippen LogP contribution in [0.3, 0.4) is 0 Å². The monoisotopic (exact) mass is 444 g/mol. The lowest BCUT2D eigenvalue weighted by Crippen LogP contribution is -2.38. The highest BCUT2D eigenvalue weighted by Crippen LogP contribution is 2.37. The predicted molar refractivity (Wildman–Crippen MR) is 108 cm³/mol. The average Bonchev–Trinajstić information content (AvgIpc) is 2.69. The van der Waals surface area contributed by atoms with Crippen molar-refractivity contribution in [3.8, 4) is 17.2 Å². The molecule has 0 spiro atoms. The second kappa shape index (κ2) is 10.4. The van der Waals surface area contributed by atoms with Gasteiger partial charge in [0.05, 0.1) is 25.8 Å². The summed E-state index contributed by atoms with van der Waals surface area (Å²) in [5.74, 6) is 0.965. The number of thioether (sulfide) groups is 1. The minimum absolute atomic E-state index is 0.108. The zero-order valence-corrected chi connectivity index (χ0v) is 17.5. The van der Waals surface area contributed by atoms with Gasteiger partial charge in [-0.2, -0.15) is 13.2 Å². The molecular formula is C20H23F3N2O4S. The summed E-state index contributed by atoms with van der Waals surface area (Å²) in [6.07, 6.45) is 0. The van der Waals surface area contributed by atoms with Crippen LogP contribution in [0.15, 0.2) is 41.3 Å². The van der Waals surface area contributed by atoms with Crippen LogP contribution >= 0.6 is 11.8 Å². The van der Waals surface area contributed by atoms with Crippen molar-refractivity contribution in [3.05, 3.63) is 47.5 Å². The Morgan fingerprint density at radius 1 is 1.13 bits per heavy atom. The van der Waals surface area contributed by atoms with Crippen LogP contribution in [0.25, 0.3) is 0 Å². The number of methoxy groups -OCH3 is 2. The number of alkyl halides is 3. The summed E-state index contributed by atoms with van der Waals surface area (Å²) in [5.41, 5.74) is 2.33. The lowest BCUT2D eigenvalue weighted by molar-refractivity contribution is -0.119. The van der Waals surface area contributed by atoms with Crippen molar-refractivity contribution in [1.29, 1.82) is 0 Å². The fraction of sp³-hybridized carbons (Fsp3) is 0.350. The quantitative estimate of drug-likeness (QED) is 0.542. The largest absolute Gasteiger partial charge is 0.496 e. The van der Waals surface area contributed by atoms with E-state index in [1.54, 1.807) is 31.2 Å². The first-order valence-electron chi connectivity index (χ1n) is 8.88. The van der Waals surface area contributed by atoms with E-state index in [4.69, 9.17) is 19.9 Å². The van der Waals surface area contributed by atoms with Crippen molar-refractivity contribution in [2.24, 2.45) is 5.73 Å². The zero-order chi connectivity index (χ0) is 22.3. The highest BCUT2D eigenvalue weighted by Gasteiger charge is 2.29. The van der Waals surface area contributed by atoms with Crippen LogP contribution in [0, 0.1) is 0 Å². The van der Waals surface area contributed by atoms with E-state index in [2.05, 4.69) is 5.32 Å². The first-order chi connectivity index (χ1) is 14.1. The van der Waals surface area contributed by atoms with E-state index < -0.39 is 17.5 Å². The van der Waals surface area contributed by atoms with Crippen molar-refractivity contribution in [2.75, 3.05) is 14.2 Å². The Morgan fingerprint density at radius 2 is 1.70 bits per heavy atom. The number of ether oxygens (including phenoxy) is 3. The third kappa shape index (κ3) is 7.03. The predicted octanol–water partition coefficient (Wildman–Crippen LogP) is 3.86. The number of hydrogen-bond donors (Lipinski definition) is 2. The van der Waals surface area contributed by atoms with Crippen LogP contribution in [-0.2, 0) is 17.9 Å². The van der Waals surface area contributed by atoms with Crippen LogP contribution in [0.4, 0.5) is 13.2 Å². The number of rotatable bonds is 10. The molecule has 3 N–H and O–H groups in total. The minimum Gasteiger partial charge on any atom is -0.496 e. The highest BCUT2D eigenvalue weighted by molar-refractivity contribution is 8.00. The Labute approximate surface area is 176 Å². The third-order valence-electron chi connectivity index (χ3n) is 4.16. The van der Waals surface area contributed by atoms with Gasteiger partial charge in [0.15, 0.2) is 0 Å². The van der Waals surface area contributed by atoms with Crippen LogP contribution in [0.5, 0.6) is 17.2 Å². The molecule has 164 valence electrons. The number of carbonyl (C=O) groups is 1. The second-order valence-electron chi connectivity index (χ2n) is 6.29. The maximum Gasteiger partial charge on any atom is 0.446 e. The van der Waals surface area contributed by atoms with Crippen molar-refractivity contribution < 1.29 is 32.2 Å². The lowest BCUT2D eigenvalue weighted by atomic mass is 10.1. The molecule has 6 nitrogen and oxygen atoms in total. The van der Waals surface area contributed by atoms with E-state index >= 15 is 0 Å². The fourth-order valence-electron chi connectivity index (χ4n) is 2.53. The second-order valence-corrected chi connectivity index (χ2v) is 7.43. The number of hydrogen-bond acceptors (Lipinski definition) is 6. The fourth-order valence-corrected chi connectivity index (χ4v) is 3.07. The summed E-state index contributed by atoms with van der Waals surface area (Å²) < 4.78 is 53.8. The van der Waals surface area contributed by atoms with Crippen LogP contribution in [-0.4, -0.2) is 31.7 Å². The van der Waals surface area contributed by atoms with Gasteiger partial charge in [-0.15, -0.1) is 0 Å². The number of amides is 1. The first-order valence-corrected chi connectivity index (χ1v) is 9.69. The molecule has 0 heterocycles. The van der Waals surface area contributed by atoms with E-state index in [-0.39, 0.29) is 29.8 Å². The summed E-state index contributed by atoms with van der Waals surface area (Å²) in [5, 5.41) is 2.99. The van der Waals surface area contributed by atoms with E-state index in [1.165, 1.54) is 26.4 Å². The summed E-state index contributed by atoms with van der Waals surface area (Å²) in [6, 6.07) is 8.75. The van der Waals surface area contributed by atoms with Gasteiger partial charge in [-0.3, -0.25) is 4.79 Å². The number of benzene rings is 2. The number of primary amides is 1. The average molecular weight is 444 g/mol. The molecule has 1 amide bonds. The molecule has 0 aliphatic heterocycles. The number of nitrogens with two attached hydrogens (primary N) is 1. The Balaban J connectivity index is 2.10. The van der Waals surface area contributed by atoms with Gasteiger partial charge < -0.3 is 25.3 Å². The molecule has 30 heavy (non-hydrogen) atoms. The first kappa shape index (κ1) is 23.7. The van der Waals surface area contributed by atoms with E-state index in [0.717, 1.165) is 0 Å². The molecule has 2 aromatic carbocycles. The van der Waals surface area contributed by atoms with Gasteiger partial charge in [0.2, 0.25) is 5.91 Å². The van der Waals surface area contributed by atoms with Gasteiger partial charge in [-0.1, -0.05) is 12.1 Å². The smallest absolute Gasteiger partial charge is 0.446 e. The van der Waals surface area contributed by atoms with E-state index in [1.807, 2.05) is 0 Å². The van der Waals surface area contributed by atoms with Gasteiger partial charge in [0, 0.05) is 23.6 Å². The van der Waals surface area contributed by atoms with E-state index in [9.17, 15) is 18.0 Å². The molecule has 0 radical (unpaired) electrons. The molecule has 0 aromatic heterocycles. The molecule has 2 rings (SSSR count). The normalized spacial score (nSPS) is 12.3. The van der Waals surface area contributed by atoms with Gasteiger partial charge in [-0.05, 0) is 36.4 Å². The van der Waals surface area contributed by atoms with Gasteiger partial charge in [0.1, 0.15) is 23.9 Å². The molecule has 0 unspecified atom stereocenters. The Hall–Kier alpha value is -2.59. The number of nitrogens with one attached hydrogen (secondary N) is 1. The molecule has 1 atom stereocenters. The zero-order valence-electron chi connectivity index (χ0n) is 16.7. The van der Waals surface area contributed by atoms with Crippen LogP contribution in [0.2, 0.25) is 0 Å². The SMILES string of the molecule is COc1cc(OCc2ccc(SC(F)(F)F)cc2)cc(OC)c1CN[C@@H](C)C(N)=O. The maximum absolute atomic E-state index is 12.4. The number of halogens is 3. The third-order valence-corrected chi connectivity index (χ3v) is 4.89. The van der Waals surface area contributed by atoms with Crippen molar-refractivity contribution in [1.82, 2.24) is 5.32 Å². The summed E-state index contributed by atoms with van der Waals surface area (Å²) in [4.78, 5) is 11.3. The Kier molecular flexibility index (Phi) is 8.24.